The van der Waals surface area contributed by atoms with Crippen LogP contribution in [0.15, 0.2) is 36.4 Å². The maximum atomic E-state index is 12.7. The van der Waals surface area contributed by atoms with Crippen LogP contribution in [0.25, 0.3) is 10.8 Å². The Morgan fingerprint density at radius 3 is 2.76 bits per heavy atom. The van der Waals surface area contributed by atoms with Crippen molar-refractivity contribution in [1.82, 2.24) is 9.80 Å². The molecule has 1 aliphatic rings. The fraction of sp³-hybridized carbons (Fsp3) is 0.409. The van der Waals surface area contributed by atoms with Crippen LogP contribution in [0, 0.1) is 5.92 Å². The van der Waals surface area contributed by atoms with E-state index < -0.39 is 11.9 Å². The number of amides is 2. The Hall–Kier alpha value is -3.09. The number of carboxylic acids is 1. The standard InChI is InChI=1S/C22H26N2O5/c1-23(14-21(26)24-10-4-7-17(13-24)22(27)28)20(25)11-16-6-3-5-15-8-9-18(29-2)12-19(15)16/h3,5-6,8-9,12,17H,4,7,10-11,13-14H2,1-2H3,(H,27,28). The van der Waals surface area contributed by atoms with Gasteiger partial charge >= 0.3 is 5.97 Å². The molecule has 1 saturated heterocycles. The summed E-state index contributed by atoms with van der Waals surface area (Å²) in [6.45, 7) is 0.687. The van der Waals surface area contributed by atoms with E-state index in [0.29, 0.717) is 19.4 Å². The number of benzene rings is 2. The van der Waals surface area contributed by atoms with Gasteiger partial charge in [-0.2, -0.15) is 0 Å². The number of fused-ring (bicyclic) bond motifs is 1. The number of ether oxygens (including phenoxy) is 1. The number of carboxylic acid groups (broad SMARTS) is 1. The number of rotatable bonds is 6. The molecule has 0 bridgehead atoms. The van der Waals surface area contributed by atoms with Crippen LogP contribution in [0.3, 0.4) is 0 Å². The molecular weight excluding hydrogens is 372 g/mol. The number of carbonyl (C=O) groups excluding carboxylic acids is 2. The van der Waals surface area contributed by atoms with Crippen LogP contribution in [0.5, 0.6) is 5.75 Å². The summed E-state index contributed by atoms with van der Waals surface area (Å²) < 4.78 is 5.29. The predicted molar refractivity (Wildman–Crippen MR) is 109 cm³/mol. The second-order valence-corrected chi connectivity index (χ2v) is 7.45. The first kappa shape index (κ1) is 20.6. The van der Waals surface area contributed by atoms with Crippen LogP contribution in [0.4, 0.5) is 0 Å². The normalized spacial score (nSPS) is 16.5. The first-order valence-electron chi connectivity index (χ1n) is 9.69. The number of hydrogen-bond acceptors (Lipinski definition) is 4. The van der Waals surface area contributed by atoms with Gasteiger partial charge < -0.3 is 19.6 Å². The molecule has 0 aliphatic carbocycles. The molecule has 1 fully saturated rings. The summed E-state index contributed by atoms with van der Waals surface area (Å²) >= 11 is 0. The highest BCUT2D eigenvalue weighted by molar-refractivity contribution is 5.92. The van der Waals surface area contributed by atoms with Crippen LogP contribution in [0.1, 0.15) is 18.4 Å². The lowest BCUT2D eigenvalue weighted by Crippen LogP contribution is -2.47. The summed E-state index contributed by atoms with van der Waals surface area (Å²) in [6.07, 6.45) is 1.42. The van der Waals surface area contributed by atoms with Crippen molar-refractivity contribution in [2.24, 2.45) is 5.92 Å². The zero-order valence-electron chi connectivity index (χ0n) is 16.8. The number of nitrogens with zero attached hydrogens (tertiary/aromatic N) is 2. The van der Waals surface area contributed by atoms with Gasteiger partial charge in [-0.05, 0) is 41.3 Å². The molecule has 2 amide bonds. The number of aliphatic carboxylic acids is 1. The van der Waals surface area contributed by atoms with E-state index in [1.165, 1.54) is 4.90 Å². The third kappa shape index (κ3) is 4.85. The first-order chi connectivity index (χ1) is 13.9. The molecule has 0 aromatic heterocycles. The molecule has 0 saturated carbocycles. The summed E-state index contributed by atoms with van der Waals surface area (Å²) in [5.41, 5.74) is 0.870. The molecule has 1 aliphatic heterocycles. The van der Waals surface area contributed by atoms with Crippen molar-refractivity contribution in [3.63, 3.8) is 0 Å². The van der Waals surface area contributed by atoms with Gasteiger partial charge in [-0.15, -0.1) is 0 Å². The lowest BCUT2D eigenvalue weighted by atomic mass is 9.98. The van der Waals surface area contributed by atoms with E-state index >= 15 is 0 Å². The Kier molecular flexibility index (Phi) is 6.36. The molecule has 7 heteroatoms. The number of hydrogen-bond donors (Lipinski definition) is 1. The van der Waals surface area contributed by atoms with Crippen molar-refractivity contribution in [1.29, 1.82) is 0 Å². The fourth-order valence-corrected chi connectivity index (χ4v) is 3.69. The molecule has 0 spiro atoms. The Bertz CT molecular complexity index is 927. The van der Waals surface area contributed by atoms with Gasteiger partial charge in [-0.1, -0.05) is 24.3 Å². The molecule has 3 rings (SSSR count). The van der Waals surface area contributed by atoms with Gasteiger partial charge in [0.2, 0.25) is 11.8 Å². The van der Waals surface area contributed by atoms with Crippen LogP contribution in [0.2, 0.25) is 0 Å². The molecule has 2 aromatic carbocycles. The molecule has 7 nitrogen and oxygen atoms in total. The van der Waals surface area contributed by atoms with Gasteiger partial charge in [-0.25, -0.2) is 0 Å². The Morgan fingerprint density at radius 2 is 2.03 bits per heavy atom. The maximum absolute atomic E-state index is 12.7. The minimum absolute atomic E-state index is 0.0563. The average molecular weight is 398 g/mol. The quantitative estimate of drug-likeness (QED) is 0.806. The molecule has 1 N–H and O–H groups in total. The monoisotopic (exact) mass is 398 g/mol. The van der Waals surface area contributed by atoms with Crippen molar-refractivity contribution in [3.05, 3.63) is 42.0 Å². The fourth-order valence-electron chi connectivity index (χ4n) is 3.69. The first-order valence-corrected chi connectivity index (χ1v) is 9.69. The van der Waals surface area contributed by atoms with Crippen molar-refractivity contribution in [3.8, 4) is 5.75 Å². The SMILES string of the molecule is COc1ccc2cccc(CC(=O)N(C)CC(=O)N3CCCC(C(=O)O)C3)c2c1. The van der Waals surface area contributed by atoms with Gasteiger partial charge in [0.05, 0.1) is 26.0 Å². The number of likely N-dealkylation sites (N-methyl/N-ethyl adjacent to an activating group) is 1. The average Bonchev–Trinajstić information content (AvgIpc) is 2.73. The van der Waals surface area contributed by atoms with Crippen LogP contribution >= 0.6 is 0 Å². The lowest BCUT2D eigenvalue weighted by molar-refractivity contribution is -0.147. The van der Waals surface area contributed by atoms with E-state index in [4.69, 9.17) is 4.74 Å². The van der Waals surface area contributed by atoms with Crippen LogP contribution in [-0.4, -0.2) is 66.5 Å². The van der Waals surface area contributed by atoms with Crippen LogP contribution in [-0.2, 0) is 20.8 Å². The van der Waals surface area contributed by atoms with Crippen molar-refractivity contribution < 1.29 is 24.2 Å². The summed E-state index contributed by atoms with van der Waals surface area (Å²) in [7, 11) is 3.20. The second kappa shape index (κ2) is 8.94. The third-order valence-corrected chi connectivity index (χ3v) is 5.44. The number of carbonyl (C=O) groups is 3. The number of piperidine rings is 1. The van der Waals surface area contributed by atoms with Gasteiger partial charge in [0.25, 0.3) is 0 Å². The minimum Gasteiger partial charge on any atom is -0.497 e. The largest absolute Gasteiger partial charge is 0.497 e. The van der Waals surface area contributed by atoms with E-state index in [1.807, 2.05) is 36.4 Å². The van der Waals surface area contributed by atoms with E-state index in [1.54, 1.807) is 19.1 Å². The topological polar surface area (TPSA) is 87.2 Å². The van der Waals surface area contributed by atoms with Crippen molar-refractivity contribution >= 4 is 28.6 Å². The molecule has 2 aromatic rings. The van der Waals surface area contributed by atoms with Gasteiger partial charge in [0.1, 0.15) is 5.75 Å². The second-order valence-electron chi connectivity index (χ2n) is 7.45. The zero-order valence-corrected chi connectivity index (χ0v) is 16.8. The Morgan fingerprint density at radius 1 is 1.24 bits per heavy atom. The minimum atomic E-state index is -0.877. The summed E-state index contributed by atoms with van der Waals surface area (Å²) in [4.78, 5) is 39.4. The molecule has 1 heterocycles. The Labute approximate surface area is 169 Å². The number of likely N-dealkylation sites (tertiary alicyclic amines) is 1. The molecule has 154 valence electrons. The van der Waals surface area contributed by atoms with Gasteiger partial charge in [0, 0.05) is 20.1 Å². The highest BCUT2D eigenvalue weighted by Crippen LogP contribution is 2.25. The van der Waals surface area contributed by atoms with Gasteiger partial charge in [-0.3, -0.25) is 14.4 Å². The van der Waals surface area contributed by atoms with E-state index in [0.717, 1.165) is 22.1 Å². The van der Waals surface area contributed by atoms with E-state index in [9.17, 15) is 19.5 Å². The highest BCUT2D eigenvalue weighted by atomic mass is 16.5. The third-order valence-electron chi connectivity index (χ3n) is 5.44. The van der Waals surface area contributed by atoms with E-state index in [2.05, 4.69) is 0 Å². The molecular formula is C22H26N2O5. The summed E-state index contributed by atoms with van der Waals surface area (Å²) in [6, 6.07) is 11.5. The summed E-state index contributed by atoms with van der Waals surface area (Å²) in [5, 5.41) is 11.1. The maximum Gasteiger partial charge on any atom is 0.308 e. The molecule has 0 radical (unpaired) electrons. The lowest BCUT2D eigenvalue weighted by Gasteiger charge is -2.32. The zero-order chi connectivity index (χ0) is 21.0. The Balaban J connectivity index is 1.66. The predicted octanol–water partition coefficient (Wildman–Crippen LogP) is 2.17. The van der Waals surface area contributed by atoms with Gasteiger partial charge in [0.15, 0.2) is 0 Å². The van der Waals surface area contributed by atoms with E-state index in [-0.39, 0.29) is 31.3 Å². The van der Waals surface area contributed by atoms with Crippen LogP contribution < -0.4 is 4.74 Å². The molecule has 29 heavy (non-hydrogen) atoms. The summed E-state index contributed by atoms with van der Waals surface area (Å²) in [5.74, 6) is -1.07. The smallest absolute Gasteiger partial charge is 0.308 e. The highest BCUT2D eigenvalue weighted by Gasteiger charge is 2.29. The molecule has 1 atom stereocenters. The van der Waals surface area contributed by atoms with Crippen molar-refractivity contribution in [2.45, 2.75) is 19.3 Å². The molecule has 1 unspecified atom stereocenters. The number of methoxy groups -OCH3 is 1. The van der Waals surface area contributed by atoms with Crippen molar-refractivity contribution in [2.75, 3.05) is 33.8 Å².